The van der Waals surface area contributed by atoms with Gasteiger partial charge in [-0.15, -0.1) is 0 Å². The van der Waals surface area contributed by atoms with Gasteiger partial charge in [0, 0.05) is 30.2 Å². The number of ketones is 1. The van der Waals surface area contributed by atoms with Crippen LogP contribution in [0.25, 0.3) is 0 Å². The molecule has 1 aromatic heterocycles. The quantitative estimate of drug-likeness (QED) is 0.647. The summed E-state index contributed by atoms with van der Waals surface area (Å²) >= 11 is 0. The molecule has 2 aromatic rings. The fourth-order valence-electron chi connectivity index (χ4n) is 1.77. The predicted molar refractivity (Wildman–Crippen MR) is 66.9 cm³/mol. The van der Waals surface area contributed by atoms with E-state index in [-0.39, 0.29) is 5.78 Å². The molecule has 0 bridgehead atoms. The van der Waals surface area contributed by atoms with Crippen molar-refractivity contribution in [2.45, 2.75) is 20.4 Å². The first-order valence-corrected chi connectivity index (χ1v) is 5.56. The second kappa shape index (κ2) is 4.41. The number of nitrogens with zero attached hydrogens (tertiary/aromatic N) is 2. The maximum Gasteiger partial charge on any atom is 0.230 e. The summed E-state index contributed by atoms with van der Waals surface area (Å²) in [6, 6.07) is 5.45. The highest BCUT2D eigenvalue weighted by atomic mass is 16.1. The van der Waals surface area contributed by atoms with E-state index >= 15 is 0 Å². The van der Waals surface area contributed by atoms with Crippen LogP contribution in [-0.4, -0.2) is 15.3 Å². The number of aromatic nitrogens is 2. The maximum absolute atomic E-state index is 12.3. The van der Waals surface area contributed by atoms with Crippen molar-refractivity contribution in [3.8, 4) is 0 Å². The van der Waals surface area contributed by atoms with Crippen molar-refractivity contribution >= 4 is 11.5 Å². The van der Waals surface area contributed by atoms with Crippen LogP contribution in [-0.2, 0) is 6.54 Å². The number of anilines is 1. The zero-order chi connectivity index (χ0) is 12.4. The number of carbonyl (C=O) groups excluding carboxylic acids is 1. The number of hydrogen-bond acceptors (Lipinski definition) is 3. The van der Waals surface area contributed by atoms with E-state index in [1.165, 1.54) is 0 Å². The smallest absolute Gasteiger partial charge is 0.230 e. The van der Waals surface area contributed by atoms with Crippen molar-refractivity contribution in [2.24, 2.45) is 0 Å². The third kappa shape index (κ3) is 1.93. The molecule has 0 fully saturated rings. The summed E-state index contributed by atoms with van der Waals surface area (Å²) in [5, 5.41) is 0. The molecular formula is C13H15N3O. The molecule has 0 spiro atoms. The van der Waals surface area contributed by atoms with Gasteiger partial charge in [-0.1, -0.05) is 12.1 Å². The molecule has 0 unspecified atom stereocenters. The molecule has 4 nitrogen and oxygen atoms in total. The van der Waals surface area contributed by atoms with Gasteiger partial charge in [-0.2, -0.15) is 0 Å². The zero-order valence-corrected chi connectivity index (χ0v) is 9.97. The molecule has 0 atom stereocenters. The van der Waals surface area contributed by atoms with Gasteiger partial charge < -0.3 is 10.3 Å². The molecule has 4 heteroatoms. The van der Waals surface area contributed by atoms with Crippen molar-refractivity contribution in [1.82, 2.24) is 9.55 Å². The monoisotopic (exact) mass is 229 g/mol. The lowest BCUT2D eigenvalue weighted by Crippen LogP contribution is -2.12. The van der Waals surface area contributed by atoms with E-state index in [9.17, 15) is 4.79 Å². The number of nitrogens with two attached hydrogens (primary N) is 1. The number of aryl methyl sites for hydroxylation is 2. The van der Waals surface area contributed by atoms with Crippen LogP contribution in [0.5, 0.6) is 0 Å². The average molecular weight is 229 g/mol. The molecule has 0 radical (unpaired) electrons. The molecule has 0 saturated heterocycles. The normalized spacial score (nSPS) is 10.5. The van der Waals surface area contributed by atoms with E-state index in [1.807, 2.05) is 30.5 Å². The molecule has 0 amide bonds. The minimum atomic E-state index is -0.127. The van der Waals surface area contributed by atoms with E-state index in [1.54, 1.807) is 18.5 Å². The van der Waals surface area contributed by atoms with Gasteiger partial charge in [0.1, 0.15) is 0 Å². The Kier molecular flexibility index (Phi) is 2.95. The van der Waals surface area contributed by atoms with Crippen LogP contribution in [0.3, 0.4) is 0 Å². The fourth-order valence-corrected chi connectivity index (χ4v) is 1.77. The molecule has 0 aliphatic heterocycles. The largest absolute Gasteiger partial charge is 0.398 e. The number of carbonyl (C=O) groups is 1. The Hall–Kier alpha value is -2.10. The number of imidazole rings is 1. The van der Waals surface area contributed by atoms with Crippen molar-refractivity contribution in [2.75, 3.05) is 5.73 Å². The number of hydrogen-bond donors (Lipinski definition) is 1. The Bertz CT molecular complexity index is 558. The Morgan fingerprint density at radius 1 is 1.47 bits per heavy atom. The predicted octanol–water partition coefficient (Wildman–Crippen LogP) is 2.02. The molecule has 0 aliphatic carbocycles. The van der Waals surface area contributed by atoms with Gasteiger partial charge in [0.2, 0.25) is 5.78 Å². The topological polar surface area (TPSA) is 60.9 Å². The summed E-state index contributed by atoms with van der Waals surface area (Å²) in [6.07, 6.45) is 3.42. The summed E-state index contributed by atoms with van der Waals surface area (Å²) in [6.45, 7) is 4.57. The third-order valence-electron chi connectivity index (χ3n) is 2.83. The molecule has 0 saturated carbocycles. The molecule has 2 N–H and O–H groups in total. The third-order valence-corrected chi connectivity index (χ3v) is 2.83. The first-order chi connectivity index (χ1) is 8.15. The molecular weight excluding hydrogens is 214 g/mol. The molecule has 88 valence electrons. The number of para-hydroxylation sites is 1. The minimum Gasteiger partial charge on any atom is -0.398 e. The fraction of sp³-hybridized carbons (Fsp3) is 0.231. The van der Waals surface area contributed by atoms with Crippen LogP contribution >= 0.6 is 0 Å². The molecule has 2 rings (SSSR count). The van der Waals surface area contributed by atoms with Crippen LogP contribution < -0.4 is 5.73 Å². The van der Waals surface area contributed by atoms with Crippen molar-refractivity contribution in [1.29, 1.82) is 0 Å². The second-order valence-electron chi connectivity index (χ2n) is 3.90. The Morgan fingerprint density at radius 2 is 2.24 bits per heavy atom. The van der Waals surface area contributed by atoms with Crippen LogP contribution in [0.1, 0.15) is 28.7 Å². The van der Waals surface area contributed by atoms with Gasteiger partial charge in [0.25, 0.3) is 0 Å². The van der Waals surface area contributed by atoms with E-state index < -0.39 is 0 Å². The lowest BCUT2D eigenvalue weighted by atomic mass is 10.0. The van der Waals surface area contributed by atoms with Crippen molar-refractivity contribution in [3.63, 3.8) is 0 Å². The number of benzene rings is 1. The summed E-state index contributed by atoms with van der Waals surface area (Å²) in [5.41, 5.74) is 7.88. The maximum atomic E-state index is 12.3. The Morgan fingerprint density at radius 3 is 2.94 bits per heavy atom. The lowest BCUT2D eigenvalue weighted by molar-refractivity contribution is 0.102. The van der Waals surface area contributed by atoms with Crippen LogP contribution in [0.15, 0.2) is 30.6 Å². The highest BCUT2D eigenvalue weighted by molar-refractivity contribution is 6.10. The molecule has 17 heavy (non-hydrogen) atoms. The summed E-state index contributed by atoms with van der Waals surface area (Å²) in [7, 11) is 0. The van der Waals surface area contributed by atoms with E-state index in [0.29, 0.717) is 23.6 Å². The van der Waals surface area contributed by atoms with E-state index in [2.05, 4.69) is 4.98 Å². The van der Waals surface area contributed by atoms with Gasteiger partial charge in [0.05, 0.1) is 0 Å². The van der Waals surface area contributed by atoms with Gasteiger partial charge in [-0.05, 0) is 25.5 Å². The van der Waals surface area contributed by atoms with Crippen molar-refractivity contribution in [3.05, 3.63) is 47.5 Å². The summed E-state index contributed by atoms with van der Waals surface area (Å²) in [4.78, 5) is 16.4. The molecule has 1 aromatic carbocycles. The summed E-state index contributed by atoms with van der Waals surface area (Å²) in [5.74, 6) is 0.308. The van der Waals surface area contributed by atoms with Gasteiger partial charge in [0.15, 0.2) is 5.82 Å². The van der Waals surface area contributed by atoms with E-state index in [4.69, 9.17) is 5.73 Å². The highest BCUT2D eigenvalue weighted by Crippen LogP contribution is 2.19. The SMILES string of the molecule is CCn1ccnc1C(=O)c1cccc(C)c1N. The van der Waals surface area contributed by atoms with Crippen LogP contribution in [0.2, 0.25) is 0 Å². The van der Waals surface area contributed by atoms with Gasteiger partial charge >= 0.3 is 0 Å². The Balaban J connectivity index is 2.48. The average Bonchev–Trinajstić information content (AvgIpc) is 2.80. The molecule has 1 heterocycles. The highest BCUT2D eigenvalue weighted by Gasteiger charge is 2.17. The Labute approximate surface area is 100 Å². The van der Waals surface area contributed by atoms with Crippen molar-refractivity contribution < 1.29 is 4.79 Å². The zero-order valence-electron chi connectivity index (χ0n) is 9.97. The first kappa shape index (κ1) is 11.4. The second-order valence-corrected chi connectivity index (χ2v) is 3.90. The minimum absolute atomic E-state index is 0.127. The number of rotatable bonds is 3. The van der Waals surface area contributed by atoms with E-state index in [0.717, 1.165) is 5.56 Å². The van der Waals surface area contributed by atoms with Crippen LogP contribution in [0.4, 0.5) is 5.69 Å². The number of nitrogen functional groups attached to an aromatic ring is 1. The summed E-state index contributed by atoms with van der Waals surface area (Å²) < 4.78 is 1.81. The standard InChI is InChI=1S/C13H15N3O/c1-3-16-8-7-15-13(16)12(17)10-6-4-5-9(2)11(10)14/h4-8H,3,14H2,1-2H3. The lowest BCUT2D eigenvalue weighted by Gasteiger charge is -2.08. The van der Waals surface area contributed by atoms with Gasteiger partial charge in [-0.25, -0.2) is 4.98 Å². The first-order valence-electron chi connectivity index (χ1n) is 5.56. The van der Waals surface area contributed by atoms with Gasteiger partial charge in [-0.3, -0.25) is 4.79 Å². The van der Waals surface area contributed by atoms with Crippen LogP contribution in [0, 0.1) is 6.92 Å². The molecule has 0 aliphatic rings.